The molecule has 19 heavy (non-hydrogen) atoms. The molecule has 0 saturated heterocycles. The van der Waals surface area contributed by atoms with Crippen molar-refractivity contribution >= 4 is 0 Å². The Bertz CT molecular complexity index is 338. The fraction of sp³-hybridized carbons (Fsp3) is 0.647. The third-order valence-electron chi connectivity index (χ3n) is 3.70. The summed E-state index contributed by atoms with van der Waals surface area (Å²) in [6.07, 6.45) is 8.84. The van der Waals surface area contributed by atoms with Crippen LogP contribution in [0.5, 0.6) is 0 Å². The summed E-state index contributed by atoms with van der Waals surface area (Å²) in [6, 6.07) is 7.19. The van der Waals surface area contributed by atoms with Gasteiger partial charge in [0.05, 0.1) is 0 Å². The number of nitrogens with one attached hydrogen (secondary N) is 1. The van der Waals surface area contributed by atoms with E-state index in [-0.39, 0.29) is 5.82 Å². The number of benzene rings is 1. The highest BCUT2D eigenvalue weighted by atomic mass is 19.1. The van der Waals surface area contributed by atoms with Gasteiger partial charge in [0.2, 0.25) is 0 Å². The van der Waals surface area contributed by atoms with Crippen LogP contribution in [0.4, 0.5) is 4.39 Å². The molecule has 0 aromatic heterocycles. The van der Waals surface area contributed by atoms with Crippen LogP contribution in [0.1, 0.15) is 63.4 Å². The van der Waals surface area contributed by atoms with Crippen LogP contribution in [0.2, 0.25) is 0 Å². The Hall–Kier alpha value is -0.890. The molecule has 0 bridgehead atoms. The van der Waals surface area contributed by atoms with E-state index < -0.39 is 0 Å². The summed E-state index contributed by atoms with van der Waals surface area (Å²) < 4.78 is 13.8. The third kappa shape index (κ3) is 6.20. The molecule has 1 rings (SSSR count). The van der Waals surface area contributed by atoms with Gasteiger partial charge in [-0.1, -0.05) is 63.6 Å². The SMILES string of the molecule is CCCCCCCCC(CNC)c1ccccc1F. The molecule has 1 unspecified atom stereocenters. The molecule has 1 aromatic rings. The van der Waals surface area contributed by atoms with E-state index in [1.165, 1.54) is 38.5 Å². The van der Waals surface area contributed by atoms with Crippen molar-refractivity contribution in [3.63, 3.8) is 0 Å². The maximum atomic E-state index is 13.8. The van der Waals surface area contributed by atoms with Gasteiger partial charge in [-0.25, -0.2) is 4.39 Å². The second-order valence-electron chi connectivity index (χ2n) is 5.33. The topological polar surface area (TPSA) is 12.0 Å². The summed E-state index contributed by atoms with van der Waals surface area (Å²) >= 11 is 0. The Kier molecular flexibility index (Phi) is 8.48. The number of likely N-dealkylation sites (N-methyl/N-ethyl adjacent to an activating group) is 1. The van der Waals surface area contributed by atoms with Crippen molar-refractivity contribution in [1.29, 1.82) is 0 Å². The van der Waals surface area contributed by atoms with Crippen molar-refractivity contribution in [2.45, 2.75) is 57.8 Å². The Balaban J connectivity index is 2.39. The molecular weight excluding hydrogens is 237 g/mol. The molecule has 0 fully saturated rings. The van der Waals surface area contributed by atoms with E-state index in [9.17, 15) is 4.39 Å². The summed E-state index contributed by atoms with van der Waals surface area (Å²) in [5, 5.41) is 3.19. The van der Waals surface area contributed by atoms with Gasteiger partial charge in [-0.2, -0.15) is 0 Å². The Labute approximate surface area is 117 Å². The summed E-state index contributed by atoms with van der Waals surface area (Å²) in [7, 11) is 1.94. The Morgan fingerprint density at radius 1 is 1.05 bits per heavy atom. The van der Waals surface area contributed by atoms with Crippen molar-refractivity contribution in [2.75, 3.05) is 13.6 Å². The van der Waals surface area contributed by atoms with Gasteiger partial charge in [0, 0.05) is 6.54 Å². The first-order valence-electron chi connectivity index (χ1n) is 7.68. The predicted octanol–water partition coefficient (Wildman–Crippen LogP) is 4.88. The minimum Gasteiger partial charge on any atom is -0.319 e. The van der Waals surface area contributed by atoms with Gasteiger partial charge in [0.25, 0.3) is 0 Å². The van der Waals surface area contributed by atoms with E-state index in [2.05, 4.69) is 12.2 Å². The van der Waals surface area contributed by atoms with E-state index in [1.54, 1.807) is 12.1 Å². The Morgan fingerprint density at radius 2 is 1.74 bits per heavy atom. The zero-order valence-corrected chi connectivity index (χ0v) is 12.4. The second kappa shape index (κ2) is 9.96. The van der Waals surface area contributed by atoms with Gasteiger partial charge in [-0.15, -0.1) is 0 Å². The fourth-order valence-electron chi connectivity index (χ4n) is 2.59. The van der Waals surface area contributed by atoms with E-state index in [0.717, 1.165) is 18.5 Å². The van der Waals surface area contributed by atoms with E-state index >= 15 is 0 Å². The minimum absolute atomic E-state index is 0.0614. The predicted molar refractivity (Wildman–Crippen MR) is 81.1 cm³/mol. The van der Waals surface area contributed by atoms with Crippen LogP contribution >= 0.6 is 0 Å². The zero-order valence-electron chi connectivity index (χ0n) is 12.4. The van der Waals surface area contributed by atoms with E-state index in [4.69, 9.17) is 0 Å². The molecule has 1 N–H and O–H groups in total. The number of halogens is 1. The molecule has 0 aliphatic rings. The number of unbranched alkanes of at least 4 members (excludes halogenated alkanes) is 5. The summed E-state index contributed by atoms with van der Waals surface area (Å²) in [6.45, 7) is 3.09. The van der Waals surface area contributed by atoms with Crippen LogP contribution in [-0.2, 0) is 0 Å². The van der Waals surface area contributed by atoms with Crippen molar-refractivity contribution in [1.82, 2.24) is 5.32 Å². The first-order valence-corrected chi connectivity index (χ1v) is 7.68. The number of rotatable bonds is 10. The molecule has 0 aliphatic heterocycles. The van der Waals surface area contributed by atoms with Crippen LogP contribution in [0.25, 0.3) is 0 Å². The molecular formula is C17H28FN. The van der Waals surface area contributed by atoms with Gasteiger partial charge in [-0.05, 0) is 31.0 Å². The molecule has 0 heterocycles. The van der Waals surface area contributed by atoms with Crippen LogP contribution < -0.4 is 5.32 Å². The second-order valence-corrected chi connectivity index (χ2v) is 5.33. The summed E-state index contributed by atoms with van der Waals surface area (Å²) in [5.74, 6) is 0.242. The monoisotopic (exact) mass is 265 g/mol. The van der Waals surface area contributed by atoms with Crippen molar-refractivity contribution < 1.29 is 4.39 Å². The average molecular weight is 265 g/mol. The van der Waals surface area contributed by atoms with Gasteiger partial charge < -0.3 is 5.32 Å². The fourth-order valence-corrected chi connectivity index (χ4v) is 2.59. The van der Waals surface area contributed by atoms with E-state index in [1.807, 2.05) is 19.2 Å². The third-order valence-corrected chi connectivity index (χ3v) is 3.70. The lowest BCUT2D eigenvalue weighted by molar-refractivity contribution is 0.500. The summed E-state index contributed by atoms with van der Waals surface area (Å²) in [5.41, 5.74) is 0.866. The van der Waals surface area contributed by atoms with Crippen LogP contribution in [0, 0.1) is 5.82 Å². The van der Waals surface area contributed by atoms with Gasteiger partial charge in [-0.3, -0.25) is 0 Å². The summed E-state index contributed by atoms with van der Waals surface area (Å²) in [4.78, 5) is 0. The first-order chi connectivity index (χ1) is 9.29. The first kappa shape index (κ1) is 16.2. The van der Waals surface area contributed by atoms with Gasteiger partial charge in [0.15, 0.2) is 0 Å². The largest absolute Gasteiger partial charge is 0.319 e. The molecule has 0 saturated carbocycles. The number of hydrogen-bond acceptors (Lipinski definition) is 1. The molecule has 0 aliphatic carbocycles. The zero-order chi connectivity index (χ0) is 13.9. The molecule has 108 valence electrons. The van der Waals surface area contributed by atoms with Gasteiger partial charge >= 0.3 is 0 Å². The van der Waals surface area contributed by atoms with Gasteiger partial charge in [0.1, 0.15) is 5.82 Å². The standard InChI is InChI=1S/C17H28FN/c1-3-4-5-6-7-8-11-15(14-19-2)16-12-9-10-13-17(16)18/h9-10,12-13,15,19H,3-8,11,14H2,1-2H3. The normalized spacial score (nSPS) is 12.6. The molecule has 1 atom stereocenters. The highest BCUT2D eigenvalue weighted by Gasteiger charge is 2.14. The lowest BCUT2D eigenvalue weighted by Crippen LogP contribution is -2.18. The van der Waals surface area contributed by atoms with Crippen LogP contribution in [-0.4, -0.2) is 13.6 Å². The maximum absolute atomic E-state index is 13.8. The minimum atomic E-state index is -0.0614. The molecule has 2 heteroatoms. The van der Waals surface area contributed by atoms with Crippen LogP contribution in [0.3, 0.4) is 0 Å². The molecule has 1 nitrogen and oxygen atoms in total. The quantitative estimate of drug-likeness (QED) is 0.595. The maximum Gasteiger partial charge on any atom is 0.126 e. The van der Waals surface area contributed by atoms with Crippen molar-refractivity contribution in [2.24, 2.45) is 0 Å². The molecule has 0 radical (unpaired) electrons. The molecule has 0 spiro atoms. The highest BCUT2D eigenvalue weighted by Crippen LogP contribution is 2.24. The molecule has 0 amide bonds. The van der Waals surface area contributed by atoms with E-state index in [0.29, 0.717) is 5.92 Å². The Morgan fingerprint density at radius 3 is 2.42 bits per heavy atom. The number of hydrogen-bond donors (Lipinski definition) is 1. The lowest BCUT2D eigenvalue weighted by atomic mass is 9.92. The lowest BCUT2D eigenvalue weighted by Gasteiger charge is -2.17. The smallest absolute Gasteiger partial charge is 0.126 e. The van der Waals surface area contributed by atoms with Crippen molar-refractivity contribution in [3.05, 3.63) is 35.6 Å². The average Bonchev–Trinajstić information content (AvgIpc) is 2.42. The highest BCUT2D eigenvalue weighted by molar-refractivity contribution is 5.22. The van der Waals surface area contributed by atoms with Crippen molar-refractivity contribution in [3.8, 4) is 0 Å². The molecule has 1 aromatic carbocycles. The van der Waals surface area contributed by atoms with Crippen LogP contribution in [0.15, 0.2) is 24.3 Å².